The Hall–Kier alpha value is -2.41. The van der Waals surface area contributed by atoms with Gasteiger partial charge in [0.1, 0.15) is 30.0 Å². The van der Waals surface area contributed by atoms with Crippen molar-refractivity contribution in [2.75, 3.05) is 40.0 Å². The van der Waals surface area contributed by atoms with Crippen molar-refractivity contribution in [3.05, 3.63) is 11.6 Å². The molecule has 1 spiro atoms. The average Bonchev–Trinajstić information content (AvgIpc) is 3.88. The van der Waals surface area contributed by atoms with Crippen LogP contribution in [0.2, 0.25) is 0 Å². The molecule has 0 aromatic heterocycles. The third kappa shape index (κ3) is 10.1. The van der Waals surface area contributed by atoms with Gasteiger partial charge in [-0.2, -0.15) is 0 Å². The van der Waals surface area contributed by atoms with E-state index in [9.17, 15) is 14.4 Å². The van der Waals surface area contributed by atoms with E-state index >= 15 is 0 Å². The molecule has 43 heavy (non-hydrogen) atoms. The maximum Gasteiger partial charge on any atom is 0.407 e. The van der Waals surface area contributed by atoms with E-state index in [2.05, 4.69) is 42.8 Å². The first kappa shape index (κ1) is 35.1. The molecule has 5 N–H and O–H groups in total. The number of carbonyl (C=O) groups excluding carboxylic acids is 3. The van der Waals surface area contributed by atoms with Crippen LogP contribution in [0.25, 0.3) is 0 Å². The molecule has 7 atom stereocenters. The Kier molecular flexibility index (Phi) is 13.1. The van der Waals surface area contributed by atoms with Crippen LogP contribution >= 0.6 is 0 Å². The Morgan fingerprint density at radius 2 is 1.74 bits per heavy atom. The van der Waals surface area contributed by atoms with Crippen LogP contribution in [0.5, 0.6) is 0 Å². The summed E-state index contributed by atoms with van der Waals surface area (Å²) < 4.78 is 29.5. The van der Waals surface area contributed by atoms with Crippen LogP contribution < -0.4 is 21.7 Å². The molecule has 3 rings (SSSR count). The van der Waals surface area contributed by atoms with Gasteiger partial charge < -0.3 is 45.4 Å². The monoisotopic (exact) mass is 610 g/mol. The second kappa shape index (κ2) is 16.1. The summed E-state index contributed by atoms with van der Waals surface area (Å²) in [4.78, 5) is 36.4. The summed E-state index contributed by atoms with van der Waals surface area (Å²) in [6, 6.07) is -0.418. The van der Waals surface area contributed by atoms with E-state index < -0.39 is 29.9 Å². The number of amides is 3. The Bertz CT molecular complexity index is 967. The first-order valence-electron chi connectivity index (χ1n) is 15.8. The van der Waals surface area contributed by atoms with Gasteiger partial charge in [0.2, 0.25) is 5.91 Å². The SMILES string of the molecule is COC1C([C@@]2(C)O[C@@H]2CC=C(C)C)[C@]2(CC[C@@H]1OC(=O)N[C@@H](COC(=O)NCCCCCCNC(=O)CN)C(C)C)CO2. The highest BCUT2D eigenvalue weighted by Crippen LogP contribution is 2.59. The summed E-state index contributed by atoms with van der Waals surface area (Å²) in [7, 11) is 1.65. The number of methoxy groups -OCH3 is 1. The smallest absolute Gasteiger partial charge is 0.407 e. The lowest BCUT2D eigenvalue weighted by Crippen LogP contribution is -2.56. The number of nitrogens with two attached hydrogens (primary N) is 1. The van der Waals surface area contributed by atoms with Gasteiger partial charge in [-0.25, -0.2) is 9.59 Å². The zero-order valence-corrected chi connectivity index (χ0v) is 26.9. The van der Waals surface area contributed by atoms with Gasteiger partial charge in [-0.3, -0.25) is 4.79 Å². The molecule has 12 nitrogen and oxygen atoms in total. The predicted octanol–water partition coefficient (Wildman–Crippen LogP) is 3.18. The van der Waals surface area contributed by atoms with Gasteiger partial charge in [0, 0.05) is 20.2 Å². The fraction of sp³-hybridized carbons (Fsp3) is 0.839. The van der Waals surface area contributed by atoms with Crippen LogP contribution in [-0.4, -0.2) is 93.6 Å². The van der Waals surface area contributed by atoms with E-state index in [1.165, 1.54) is 5.57 Å². The van der Waals surface area contributed by atoms with Crippen molar-refractivity contribution in [3.8, 4) is 0 Å². The Balaban J connectivity index is 1.42. The molecule has 3 aliphatic rings. The summed E-state index contributed by atoms with van der Waals surface area (Å²) >= 11 is 0. The minimum Gasteiger partial charge on any atom is -0.447 e. The average molecular weight is 611 g/mol. The molecule has 2 heterocycles. The van der Waals surface area contributed by atoms with E-state index in [-0.39, 0.29) is 48.7 Å². The minimum atomic E-state index is -0.563. The molecule has 1 aliphatic carbocycles. The number of nitrogens with one attached hydrogen (secondary N) is 3. The highest BCUT2D eigenvalue weighted by atomic mass is 16.6. The number of epoxide rings is 2. The maximum atomic E-state index is 13.1. The standard InChI is InChI=1S/C31H54N4O8/c1-20(2)11-12-24-30(5,43-24)27-26(39-6)23(13-14-31(27)19-41-31)42-29(38)35-22(21(3)4)18-40-28(37)34-16-10-8-7-9-15-33-25(36)17-32/h11,21-24,26-27H,7-10,12-19,32H2,1-6H3,(H,33,36)(H,34,37)(H,35,38)/t22-,23-,24+,26?,27?,30-,31-/m0/s1. The molecule has 2 saturated heterocycles. The van der Waals surface area contributed by atoms with E-state index in [1.54, 1.807) is 7.11 Å². The van der Waals surface area contributed by atoms with Gasteiger partial charge in [-0.05, 0) is 58.8 Å². The van der Waals surface area contributed by atoms with Crippen LogP contribution in [0.1, 0.15) is 79.6 Å². The van der Waals surface area contributed by atoms with Crippen LogP contribution in [0.4, 0.5) is 9.59 Å². The molecule has 0 radical (unpaired) electrons. The lowest BCUT2D eigenvalue weighted by Gasteiger charge is -2.42. The molecule has 246 valence electrons. The van der Waals surface area contributed by atoms with E-state index in [1.807, 2.05) is 13.8 Å². The molecular weight excluding hydrogens is 556 g/mol. The number of ether oxygens (including phenoxy) is 5. The van der Waals surface area contributed by atoms with Crippen molar-refractivity contribution in [2.45, 2.75) is 115 Å². The number of unbranched alkanes of at least 4 members (excludes halogenated alkanes) is 3. The fourth-order valence-corrected chi connectivity index (χ4v) is 6.10. The highest BCUT2D eigenvalue weighted by molar-refractivity contribution is 5.77. The lowest BCUT2D eigenvalue weighted by molar-refractivity contribution is -0.119. The van der Waals surface area contributed by atoms with Crippen molar-refractivity contribution >= 4 is 18.1 Å². The Morgan fingerprint density at radius 1 is 1.07 bits per heavy atom. The molecule has 0 aromatic carbocycles. The van der Waals surface area contributed by atoms with Crippen molar-refractivity contribution < 1.29 is 38.1 Å². The summed E-state index contributed by atoms with van der Waals surface area (Å²) in [5, 5.41) is 8.37. The normalized spacial score (nSPS) is 29.9. The zero-order valence-electron chi connectivity index (χ0n) is 26.9. The van der Waals surface area contributed by atoms with E-state index in [0.29, 0.717) is 26.1 Å². The largest absolute Gasteiger partial charge is 0.447 e. The number of alkyl carbamates (subject to hydrolysis) is 2. The fourth-order valence-electron chi connectivity index (χ4n) is 6.10. The van der Waals surface area contributed by atoms with Crippen LogP contribution in [0.15, 0.2) is 11.6 Å². The van der Waals surface area contributed by atoms with Crippen molar-refractivity contribution in [3.63, 3.8) is 0 Å². The molecule has 0 aromatic rings. The highest BCUT2D eigenvalue weighted by Gasteiger charge is 2.72. The number of hydrogen-bond acceptors (Lipinski definition) is 9. The number of hydrogen-bond donors (Lipinski definition) is 4. The number of carbonyl (C=O) groups is 3. The second-order valence-electron chi connectivity index (χ2n) is 12.8. The van der Waals surface area contributed by atoms with Crippen molar-refractivity contribution in [1.82, 2.24) is 16.0 Å². The van der Waals surface area contributed by atoms with Gasteiger partial charge in [-0.15, -0.1) is 0 Å². The molecule has 3 fully saturated rings. The number of allylic oxidation sites excluding steroid dienone is 1. The van der Waals surface area contributed by atoms with Crippen molar-refractivity contribution in [1.29, 1.82) is 0 Å². The van der Waals surface area contributed by atoms with E-state index in [4.69, 9.17) is 29.4 Å². The molecule has 1 saturated carbocycles. The van der Waals surface area contributed by atoms with Crippen LogP contribution in [-0.2, 0) is 28.5 Å². The Morgan fingerprint density at radius 3 is 2.33 bits per heavy atom. The predicted molar refractivity (Wildman–Crippen MR) is 161 cm³/mol. The zero-order chi connectivity index (χ0) is 31.6. The molecule has 2 unspecified atom stereocenters. The van der Waals surface area contributed by atoms with Gasteiger partial charge in [0.25, 0.3) is 0 Å². The maximum absolute atomic E-state index is 13.1. The summed E-state index contributed by atoms with van der Waals surface area (Å²) in [5.41, 5.74) is 5.80. The summed E-state index contributed by atoms with van der Waals surface area (Å²) in [6.45, 7) is 11.9. The second-order valence-corrected chi connectivity index (χ2v) is 12.8. The lowest BCUT2D eigenvalue weighted by atomic mass is 9.68. The van der Waals surface area contributed by atoms with Gasteiger partial charge in [0.05, 0.1) is 31.2 Å². The van der Waals surface area contributed by atoms with Gasteiger partial charge >= 0.3 is 12.2 Å². The summed E-state index contributed by atoms with van der Waals surface area (Å²) in [6.07, 6.45) is 6.09. The molecule has 12 heteroatoms. The third-order valence-electron chi connectivity index (χ3n) is 8.88. The molecule has 3 amide bonds. The topological polar surface area (TPSA) is 166 Å². The van der Waals surface area contributed by atoms with E-state index in [0.717, 1.165) is 38.5 Å². The van der Waals surface area contributed by atoms with Gasteiger partial charge in [0.15, 0.2) is 0 Å². The number of rotatable bonds is 17. The minimum absolute atomic E-state index is 0.000886. The van der Waals surface area contributed by atoms with Gasteiger partial charge in [-0.1, -0.05) is 38.3 Å². The van der Waals surface area contributed by atoms with Crippen LogP contribution in [0.3, 0.4) is 0 Å². The van der Waals surface area contributed by atoms with Crippen molar-refractivity contribution in [2.24, 2.45) is 17.6 Å². The molecular formula is C31H54N4O8. The molecule has 0 bridgehead atoms. The van der Waals surface area contributed by atoms with Crippen LogP contribution in [0, 0.1) is 11.8 Å². The third-order valence-corrected chi connectivity index (χ3v) is 8.88. The first-order valence-corrected chi connectivity index (χ1v) is 15.8. The molecule has 2 aliphatic heterocycles. The quantitative estimate of drug-likeness (QED) is 0.110. The summed E-state index contributed by atoms with van der Waals surface area (Å²) in [5.74, 6) is -0.204. The Labute approximate surface area is 256 Å². The first-order chi connectivity index (χ1) is 20.5.